The first-order valence-electron chi connectivity index (χ1n) is 18.9. The molecule has 0 N–H and O–H groups in total. The minimum absolute atomic E-state index is 0.486. The van der Waals surface area contributed by atoms with Crippen LogP contribution in [0.15, 0.2) is 189 Å². The van der Waals surface area contributed by atoms with Gasteiger partial charge in [-0.15, -0.1) is 0 Å². The average molecular weight is 732 g/mol. The lowest BCUT2D eigenvalue weighted by atomic mass is 9.99. The van der Waals surface area contributed by atoms with Crippen molar-refractivity contribution in [2.45, 2.75) is 0 Å². The Morgan fingerprint density at radius 3 is 1.44 bits per heavy atom. The normalized spacial score (nSPS) is 11.9. The third-order valence-electron chi connectivity index (χ3n) is 11.0. The van der Waals surface area contributed by atoms with E-state index in [4.69, 9.17) is 28.2 Å². The fourth-order valence-corrected chi connectivity index (χ4v) is 8.22. The number of benzene rings is 8. The smallest absolute Gasteiger partial charge is 0.168 e. The molecule has 6 nitrogen and oxygen atoms in total. The standard InChI is InChI=1S/C51H29N3O3/c1-3-11-30(12-4-1)31-19-21-32(22-20-31)33-23-25-35(26-24-33)50-52-49(34-13-5-2-6-14-34)53-51(54-50)39-29-43-45(44-38-16-8-10-18-41(38)57-48(39)44)46-42(55-43)28-27-37-36-15-7-9-17-40(36)56-47(37)46/h1-29H. The zero-order valence-corrected chi connectivity index (χ0v) is 30.3. The highest BCUT2D eigenvalue weighted by atomic mass is 16.3. The number of para-hydroxylation sites is 2. The van der Waals surface area contributed by atoms with Crippen LogP contribution in [0.1, 0.15) is 0 Å². The zero-order valence-electron chi connectivity index (χ0n) is 30.3. The number of hydrogen-bond donors (Lipinski definition) is 0. The van der Waals surface area contributed by atoms with E-state index in [1.54, 1.807) is 0 Å². The van der Waals surface area contributed by atoms with E-state index in [1.165, 1.54) is 11.1 Å². The summed E-state index contributed by atoms with van der Waals surface area (Å²) in [6.45, 7) is 0. The summed E-state index contributed by atoms with van der Waals surface area (Å²) >= 11 is 0. The maximum absolute atomic E-state index is 6.76. The summed E-state index contributed by atoms with van der Waals surface area (Å²) in [4.78, 5) is 15.3. The molecule has 0 fully saturated rings. The van der Waals surface area contributed by atoms with E-state index in [-0.39, 0.29) is 0 Å². The molecule has 0 atom stereocenters. The second kappa shape index (κ2) is 12.3. The summed E-state index contributed by atoms with van der Waals surface area (Å²) in [6.07, 6.45) is 0. The van der Waals surface area contributed by atoms with Crippen molar-refractivity contribution in [1.82, 2.24) is 15.0 Å². The van der Waals surface area contributed by atoms with Gasteiger partial charge in [-0.2, -0.15) is 0 Å². The van der Waals surface area contributed by atoms with Crippen molar-refractivity contribution in [3.8, 4) is 56.4 Å². The monoisotopic (exact) mass is 731 g/mol. The summed E-state index contributed by atoms with van der Waals surface area (Å²) in [5.41, 5.74) is 11.6. The molecule has 4 aromatic heterocycles. The van der Waals surface area contributed by atoms with Crippen molar-refractivity contribution >= 4 is 65.8 Å². The molecule has 8 aromatic carbocycles. The van der Waals surface area contributed by atoms with Crippen LogP contribution < -0.4 is 0 Å². The molecular weight excluding hydrogens is 703 g/mol. The molecule has 0 bridgehead atoms. The van der Waals surface area contributed by atoms with Gasteiger partial charge in [0.25, 0.3) is 0 Å². The number of hydrogen-bond acceptors (Lipinski definition) is 6. The fourth-order valence-electron chi connectivity index (χ4n) is 8.22. The van der Waals surface area contributed by atoms with Crippen LogP contribution in [-0.2, 0) is 0 Å². The molecule has 0 amide bonds. The van der Waals surface area contributed by atoms with Crippen molar-refractivity contribution in [1.29, 1.82) is 0 Å². The molecule has 57 heavy (non-hydrogen) atoms. The molecule has 12 rings (SSSR count). The van der Waals surface area contributed by atoms with Gasteiger partial charge in [0, 0.05) is 38.1 Å². The van der Waals surface area contributed by atoms with E-state index in [0.29, 0.717) is 34.2 Å². The van der Waals surface area contributed by atoms with Crippen LogP contribution in [0, 0.1) is 0 Å². The molecule has 0 aliphatic heterocycles. The molecule has 0 saturated carbocycles. The Labute approximate surface area is 325 Å². The Balaban J connectivity index is 1.05. The van der Waals surface area contributed by atoms with E-state index < -0.39 is 0 Å². The molecular formula is C51H29N3O3. The summed E-state index contributed by atoms with van der Waals surface area (Å²) in [5, 5.41) is 5.85. The van der Waals surface area contributed by atoms with Crippen LogP contribution in [0.3, 0.4) is 0 Å². The Bertz CT molecular complexity index is 3490. The van der Waals surface area contributed by atoms with Crippen molar-refractivity contribution in [2.24, 2.45) is 0 Å². The minimum atomic E-state index is 0.486. The first-order valence-corrected chi connectivity index (χ1v) is 18.9. The Hall–Kier alpha value is -7.83. The highest BCUT2D eigenvalue weighted by molar-refractivity contribution is 6.33. The van der Waals surface area contributed by atoms with E-state index >= 15 is 0 Å². The van der Waals surface area contributed by atoms with Gasteiger partial charge in [-0.3, -0.25) is 0 Å². The second-order valence-electron chi connectivity index (χ2n) is 14.3. The molecule has 12 aromatic rings. The number of fused-ring (bicyclic) bond motifs is 11. The Morgan fingerprint density at radius 2 is 0.772 bits per heavy atom. The van der Waals surface area contributed by atoms with Gasteiger partial charge < -0.3 is 13.3 Å². The Kier molecular flexibility index (Phi) is 6.83. The number of aromatic nitrogens is 3. The first kappa shape index (κ1) is 31.5. The van der Waals surface area contributed by atoms with Crippen LogP contribution in [-0.4, -0.2) is 15.0 Å². The second-order valence-corrected chi connectivity index (χ2v) is 14.3. The van der Waals surface area contributed by atoms with E-state index in [9.17, 15) is 0 Å². The number of furan rings is 3. The van der Waals surface area contributed by atoms with Gasteiger partial charge >= 0.3 is 0 Å². The largest absolute Gasteiger partial charge is 0.456 e. The van der Waals surface area contributed by atoms with Gasteiger partial charge in [0.1, 0.15) is 33.5 Å². The predicted molar refractivity (Wildman–Crippen MR) is 229 cm³/mol. The zero-order chi connectivity index (χ0) is 37.5. The lowest BCUT2D eigenvalue weighted by Crippen LogP contribution is -2.00. The quantitative estimate of drug-likeness (QED) is 0.175. The molecule has 4 heterocycles. The van der Waals surface area contributed by atoms with Gasteiger partial charge in [0.15, 0.2) is 17.5 Å². The number of rotatable bonds is 5. The van der Waals surface area contributed by atoms with Crippen LogP contribution in [0.5, 0.6) is 0 Å². The third-order valence-corrected chi connectivity index (χ3v) is 11.0. The topological polar surface area (TPSA) is 78.1 Å². The van der Waals surface area contributed by atoms with Crippen molar-refractivity contribution in [3.05, 3.63) is 176 Å². The Morgan fingerprint density at radius 1 is 0.281 bits per heavy atom. The molecule has 0 radical (unpaired) electrons. The average Bonchev–Trinajstić information content (AvgIpc) is 3.98. The molecule has 6 heteroatoms. The van der Waals surface area contributed by atoms with Gasteiger partial charge in [0.05, 0.1) is 10.9 Å². The lowest BCUT2D eigenvalue weighted by Gasteiger charge is -2.10. The molecule has 0 spiro atoms. The van der Waals surface area contributed by atoms with Gasteiger partial charge in [0.2, 0.25) is 0 Å². The molecule has 266 valence electrons. The summed E-state index contributed by atoms with van der Waals surface area (Å²) < 4.78 is 20.0. The van der Waals surface area contributed by atoms with E-state index in [2.05, 4.69) is 91.0 Å². The fraction of sp³-hybridized carbons (Fsp3) is 0. The van der Waals surface area contributed by atoms with Crippen LogP contribution in [0.25, 0.3) is 122 Å². The van der Waals surface area contributed by atoms with Crippen molar-refractivity contribution in [3.63, 3.8) is 0 Å². The maximum atomic E-state index is 6.76. The van der Waals surface area contributed by atoms with Crippen LogP contribution >= 0.6 is 0 Å². The SMILES string of the molecule is c1ccc(-c2ccc(-c3ccc(-c4nc(-c5ccccc5)nc(-c5cc6oc7ccc8c9ccccc9oc8c7c6c6c5oc5ccccc56)n4)cc3)cc2)cc1. The molecule has 0 aliphatic carbocycles. The minimum Gasteiger partial charge on any atom is -0.456 e. The van der Waals surface area contributed by atoms with Crippen LogP contribution in [0.2, 0.25) is 0 Å². The van der Waals surface area contributed by atoms with Gasteiger partial charge in [-0.1, -0.05) is 146 Å². The van der Waals surface area contributed by atoms with Crippen molar-refractivity contribution in [2.75, 3.05) is 0 Å². The maximum Gasteiger partial charge on any atom is 0.168 e. The van der Waals surface area contributed by atoms with Crippen molar-refractivity contribution < 1.29 is 13.3 Å². The van der Waals surface area contributed by atoms with E-state index in [0.717, 1.165) is 76.9 Å². The summed E-state index contributed by atoms with van der Waals surface area (Å²) in [6, 6.07) is 59.8. The summed E-state index contributed by atoms with van der Waals surface area (Å²) in [5.74, 6) is 1.61. The summed E-state index contributed by atoms with van der Waals surface area (Å²) in [7, 11) is 0. The highest BCUT2D eigenvalue weighted by Crippen LogP contribution is 2.47. The lowest BCUT2D eigenvalue weighted by molar-refractivity contribution is 0.660. The first-order chi connectivity index (χ1) is 28.2. The highest BCUT2D eigenvalue weighted by Gasteiger charge is 2.25. The predicted octanol–water partition coefficient (Wildman–Crippen LogP) is 13.9. The van der Waals surface area contributed by atoms with Crippen LogP contribution in [0.4, 0.5) is 0 Å². The third kappa shape index (κ3) is 5.01. The van der Waals surface area contributed by atoms with Gasteiger partial charge in [-0.25, -0.2) is 15.0 Å². The molecule has 0 aliphatic rings. The molecule has 0 unspecified atom stereocenters. The number of nitrogens with zero attached hydrogens (tertiary/aromatic N) is 3. The van der Waals surface area contributed by atoms with Gasteiger partial charge in [-0.05, 0) is 52.6 Å². The molecule has 0 saturated heterocycles. The van der Waals surface area contributed by atoms with E-state index in [1.807, 2.05) is 84.9 Å².